The zero-order valence-corrected chi connectivity index (χ0v) is 15.9. The normalized spacial score (nSPS) is 14.4. The first-order valence-corrected chi connectivity index (χ1v) is 9.26. The average molecular weight is 374 g/mol. The number of carbonyl (C=O) groups is 1. The van der Waals surface area contributed by atoms with Crippen LogP contribution in [0.2, 0.25) is 0 Å². The predicted octanol–water partition coefficient (Wildman–Crippen LogP) is 3.38. The molecule has 0 saturated carbocycles. The van der Waals surface area contributed by atoms with Crippen LogP contribution in [0.1, 0.15) is 33.3 Å². The van der Waals surface area contributed by atoms with Gasteiger partial charge in [0, 0.05) is 35.8 Å². The lowest BCUT2D eigenvalue weighted by Gasteiger charge is -2.22. The number of benzene rings is 1. The Labute approximate surface area is 156 Å². The minimum absolute atomic E-state index is 0.0837. The molecule has 0 unspecified atom stereocenters. The summed E-state index contributed by atoms with van der Waals surface area (Å²) in [4.78, 5) is 20.1. The fourth-order valence-corrected chi connectivity index (χ4v) is 4.20. The molecule has 0 aliphatic carbocycles. The third-order valence-electron chi connectivity index (χ3n) is 4.25. The van der Waals surface area contributed by atoms with Crippen molar-refractivity contribution in [2.45, 2.75) is 19.9 Å². The molecule has 2 heterocycles. The summed E-state index contributed by atoms with van der Waals surface area (Å²) in [7, 11) is 3.44. The van der Waals surface area contributed by atoms with Crippen molar-refractivity contribution in [1.29, 1.82) is 0 Å². The van der Waals surface area contributed by atoms with E-state index in [0.717, 1.165) is 30.0 Å². The number of thiophene rings is 1. The molecular weight excluding hydrogens is 352 g/mol. The lowest BCUT2D eigenvalue weighted by Crippen LogP contribution is -2.26. The van der Waals surface area contributed by atoms with E-state index < -0.39 is 0 Å². The molecule has 7 heteroatoms. The Bertz CT molecular complexity index is 844. The van der Waals surface area contributed by atoms with E-state index in [1.165, 1.54) is 18.4 Å². The number of likely N-dealkylation sites (N-methyl/N-ethyl adjacent to an activating group) is 1. The molecule has 138 valence electrons. The molecule has 3 rings (SSSR count). The Morgan fingerprint density at radius 1 is 1.46 bits per heavy atom. The number of hydrogen-bond donors (Lipinski definition) is 1. The van der Waals surface area contributed by atoms with E-state index in [1.807, 2.05) is 6.92 Å². The first kappa shape index (κ1) is 18.4. The highest BCUT2D eigenvalue weighted by Gasteiger charge is 2.27. The van der Waals surface area contributed by atoms with Crippen molar-refractivity contribution in [3.8, 4) is 11.5 Å². The highest BCUT2D eigenvalue weighted by atomic mass is 32.1. The molecule has 2 aromatic rings. The number of fused-ring (bicyclic) bond motifs is 1. The molecule has 1 aliphatic rings. The quantitative estimate of drug-likeness (QED) is 0.642. The summed E-state index contributed by atoms with van der Waals surface area (Å²) in [5.74, 6) is 0.322. The van der Waals surface area contributed by atoms with E-state index >= 15 is 0 Å². The molecule has 0 amide bonds. The van der Waals surface area contributed by atoms with Crippen molar-refractivity contribution in [1.82, 2.24) is 4.90 Å². The number of phenolic OH excluding ortho intramolecular Hbond substituents is 1. The average Bonchev–Trinajstić information content (AvgIpc) is 2.98. The van der Waals surface area contributed by atoms with E-state index in [2.05, 4.69) is 16.9 Å². The molecule has 26 heavy (non-hydrogen) atoms. The summed E-state index contributed by atoms with van der Waals surface area (Å²) in [6, 6.07) is 5.07. The smallest absolute Gasteiger partial charge is 0.341 e. The molecule has 1 aromatic carbocycles. The number of hydrogen-bond acceptors (Lipinski definition) is 7. The number of carbonyl (C=O) groups excluding carboxylic acids is 1. The Morgan fingerprint density at radius 3 is 2.96 bits per heavy atom. The van der Waals surface area contributed by atoms with Crippen molar-refractivity contribution >= 4 is 28.5 Å². The van der Waals surface area contributed by atoms with Gasteiger partial charge in [0.25, 0.3) is 0 Å². The number of methoxy groups -OCH3 is 1. The van der Waals surface area contributed by atoms with E-state index in [1.54, 1.807) is 24.4 Å². The van der Waals surface area contributed by atoms with Gasteiger partial charge >= 0.3 is 5.97 Å². The Kier molecular flexibility index (Phi) is 5.58. The molecular formula is C19H22N2O4S. The third-order valence-corrected chi connectivity index (χ3v) is 5.38. The highest BCUT2D eigenvalue weighted by Crippen LogP contribution is 2.39. The minimum Gasteiger partial charge on any atom is -0.507 e. The van der Waals surface area contributed by atoms with Crippen LogP contribution in [0.4, 0.5) is 5.00 Å². The number of ether oxygens (including phenoxy) is 2. The van der Waals surface area contributed by atoms with Crippen LogP contribution in [0.15, 0.2) is 23.2 Å². The lowest BCUT2D eigenvalue weighted by atomic mass is 10.0. The monoisotopic (exact) mass is 374 g/mol. The second-order valence-electron chi connectivity index (χ2n) is 6.08. The topological polar surface area (TPSA) is 71.4 Å². The van der Waals surface area contributed by atoms with Crippen LogP contribution in [-0.2, 0) is 17.7 Å². The van der Waals surface area contributed by atoms with Gasteiger partial charge in [-0.2, -0.15) is 0 Å². The number of phenols is 1. The van der Waals surface area contributed by atoms with Gasteiger partial charge in [-0.05, 0) is 38.1 Å². The number of esters is 1. The summed E-state index contributed by atoms with van der Waals surface area (Å²) in [5, 5.41) is 10.8. The second kappa shape index (κ2) is 7.88. The summed E-state index contributed by atoms with van der Waals surface area (Å²) >= 11 is 1.50. The minimum atomic E-state index is -0.366. The molecule has 0 bridgehead atoms. The van der Waals surface area contributed by atoms with Gasteiger partial charge in [-0.3, -0.25) is 0 Å². The zero-order chi connectivity index (χ0) is 18.7. The van der Waals surface area contributed by atoms with Gasteiger partial charge in [0.2, 0.25) is 0 Å². The summed E-state index contributed by atoms with van der Waals surface area (Å²) in [6.45, 7) is 4.12. The maximum Gasteiger partial charge on any atom is 0.341 e. The fourth-order valence-electron chi connectivity index (χ4n) is 2.94. The first-order chi connectivity index (χ1) is 12.5. The highest BCUT2D eigenvalue weighted by molar-refractivity contribution is 7.16. The van der Waals surface area contributed by atoms with Crippen LogP contribution in [-0.4, -0.2) is 49.5 Å². The Morgan fingerprint density at radius 2 is 2.27 bits per heavy atom. The van der Waals surface area contributed by atoms with Gasteiger partial charge in [0.1, 0.15) is 16.5 Å². The molecule has 1 aliphatic heterocycles. The molecule has 0 fully saturated rings. The maximum atomic E-state index is 12.3. The van der Waals surface area contributed by atoms with E-state index in [4.69, 9.17) is 9.47 Å². The van der Waals surface area contributed by atoms with Crippen molar-refractivity contribution in [2.24, 2.45) is 4.99 Å². The summed E-state index contributed by atoms with van der Waals surface area (Å²) < 4.78 is 10.3. The standard InChI is InChI=1S/C19H22N2O4S/c1-4-25-13-6-5-12(15(22)9-13)10-20-18-17(19(23)24-3)14-7-8-21(2)11-16(14)26-18/h5-6,9-10,22H,4,7-8,11H2,1-3H3. The van der Waals surface area contributed by atoms with E-state index in [9.17, 15) is 9.90 Å². The van der Waals surface area contributed by atoms with E-state index in [-0.39, 0.29) is 11.7 Å². The van der Waals surface area contributed by atoms with Crippen molar-refractivity contribution in [3.63, 3.8) is 0 Å². The van der Waals surface area contributed by atoms with Crippen LogP contribution >= 0.6 is 11.3 Å². The van der Waals surface area contributed by atoms with Crippen molar-refractivity contribution in [3.05, 3.63) is 39.8 Å². The lowest BCUT2D eigenvalue weighted by molar-refractivity contribution is 0.0600. The predicted molar refractivity (Wildman–Crippen MR) is 102 cm³/mol. The first-order valence-electron chi connectivity index (χ1n) is 8.44. The molecule has 0 atom stereocenters. The third kappa shape index (κ3) is 3.73. The number of nitrogens with zero attached hydrogens (tertiary/aromatic N) is 2. The largest absolute Gasteiger partial charge is 0.507 e. The van der Waals surface area contributed by atoms with Gasteiger partial charge in [0.15, 0.2) is 0 Å². The molecule has 1 aromatic heterocycles. The van der Waals surface area contributed by atoms with Gasteiger partial charge in [-0.1, -0.05) is 0 Å². The van der Waals surface area contributed by atoms with Crippen molar-refractivity contribution in [2.75, 3.05) is 27.3 Å². The number of aromatic hydroxyl groups is 1. The Hall–Kier alpha value is -2.38. The van der Waals surface area contributed by atoms with Crippen LogP contribution in [0.25, 0.3) is 0 Å². The second-order valence-corrected chi connectivity index (χ2v) is 7.16. The summed E-state index contributed by atoms with van der Waals surface area (Å²) in [5.41, 5.74) is 2.14. The fraction of sp³-hybridized carbons (Fsp3) is 0.368. The molecule has 0 spiro atoms. The van der Waals surface area contributed by atoms with E-state index in [0.29, 0.717) is 28.5 Å². The SMILES string of the molecule is CCOc1ccc(C=Nc2sc3c(c2C(=O)OC)CCN(C)C3)c(O)c1. The van der Waals surface area contributed by atoms with Gasteiger partial charge < -0.3 is 19.5 Å². The molecule has 0 radical (unpaired) electrons. The molecule has 1 N–H and O–H groups in total. The molecule has 6 nitrogen and oxygen atoms in total. The zero-order valence-electron chi connectivity index (χ0n) is 15.1. The van der Waals surface area contributed by atoms with Crippen LogP contribution in [0, 0.1) is 0 Å². The van der Waals surface area contributed by atoms with Crippen molar-refractivity contribution < 1.29 is 19.4 Å². The summed E-state index contributed by atoms with van der Waals surface area (Å²) in [6.07, 6.45) is 2.37. The maximum absolute atomic E-state index is 12.3. The van der Waals surface area contributed by atoms with Gasteiger partial charge in [-0.15, -0.1) is 11.3 Å². The number of aliphatic imine (C=N–C) groups is 1. The van der Waals surface area contributed by atoms with Crippen LogP contribution < -0.4 is 4.74 Å². The van der Waals surface area contributed by atoms with Crippen LogP contribution in [0.3, 0.4) is 0 Å². The Balaban J connectivity index is 1.94. The molecule has 0 saturated heterocycles. The van der Waals surface area contributed by atoms with Gasteiger partial charge in [0.05, 0.1) is 19.3 Å². The number of rotatable bonds is 5. The van der Waals surface area contributed by atoms with Crippen LogP contribution in [0.5, 0.6) is 11.5 Å². The van der Waals surface area contributed by atoms with Gasteiger partial charge in [-0.25, -0.2) is 9.79 Å².